The molecule has 0 bridgehead atoms. The first-order chi connectivity index (χ1) is 8.68. The minimum Gasteiger partial charge on any atom is -0.393 e. The van der Waals surface area contributed by atoms with Crippen LogP contribution in [0, 0.1) is 5.92 Å². The summed E-state index contributed by atoms with van der Waals surface area (Å²) < 4.78 is 5.47. The topological polar surface area (TPSA) is 70.6 Å². The smallest absolute Gasteiger partial charge is 0.252 e. The third kappa shape index (κ3) is 2.84. The highest BCUT2D eigenvalue weighted by Crippen LogP contribution is 2.26. The number of nitrogens with one attached hydrogen (secondary N) is 2. The number of methoxy groups -OCH3 is 1. The first-order valence-electron chi connectivity index (χ1n) is 6.90. The van der Waals surface area contributed by atoms with Gasteiger partial charge in [0.25, 0.3) is 5.91 Å². The van der Waals surface area contributed by atoms with E-state index in [9.17, 15) is 9.90 Å². The fraction of sp³-hybridized carbons (Fsp3) is 0.923. The number of carbonyl (C=O) groups is 1. The summed E-state index contributed by atoms with van der Waals surface area (Å²) in [4.78, 5) is 12.3. The lowest BCUT2D eigenvalue weighted by molar-refractivity contribution is -0.147. The van der Waals surface area contributed by atoms with Crippen LogP contribution >= 0.6 is 0 Å². The first kappa shape index (κ1) is 13.8. The van der Waals surface area contributed by atoms with Crippen LogP contribution in [0.2, 0.25) is 0 Å². The van der Waals surface area contributed by atoms with Crippen LogP contribution in [0.4, 0.5) is 0 Å². The van der Waals surface area contributed by atoms with Gasteiger partial charge in [-0.25, -0.2) is 0 Å². The van der Waals surface area contributed by atoms with Gasteiger partial charge in [-0.05, 0) is 38.8 Å². The summed E-state index contributed by atoms with van der Waals surface area (Å²) in [6.45, 7) is 2.19. The fourth-order valence-electron chi connectivity index (χ4n) is 2.99. The minimum atomic E-state index is -0.672. The number of hydrogen-bond acceptors (Lipinski definition) is 4. The maximum absolute atomic E-state index is 12.3. The predicted molar refractivity (Wildman–Crippen MR) is 68.2 cm³/mol. The Hall–Kier alpha value is -0.650. The fourth-order valence-corrected chi connectivity index (χ4v) is 2.99. The molecular formula is C13H24N2O3. The summed E-state index contributed by atoms with van der Waals surface area (Å²) in [6, 6.07) is 0. The van der Waals surface area contributed by atoms with Crippen molar-refractivity contribution < 1.29 is 14.6 Å². The Morgan fingerprint density at radius 2 is 2.17 bits per heavy atom. The Labute approximate surface area is 108 Å². The molecule has 0 aromatic heterocycles. The molecule has 0 radical (unpaired) electrons. The highest BCUT2D eigenvalue weighted by Gasteiger charge is 2.40. The van der Waals surface area contributed by atoms with Crippen molar-refractivity contribution in [2.45, 2.75) is 43.8 Å². The van der Waals surface area contributed by atoms with Gasteiger partial charge in [0, 0.05) is 19.6 Å². The molecule has 5 nitrogen and oxygen atoms in total. The van der Waals surface area contributed by atoms with E-state index >= 15 is 0 Å². The number of amides is 1. The van der Waals surface area contributed by atoms with Gasteiger partial charge in [-0.1, -0.05) is 6.42 Å². The van der Waals surface area contributed by atoms with Gasteiger partial charge in [-0.2, -0.15) is 0 Å². The second-order valence-electron chi connectivity index (χ2n) is 5.42. The molecule has 2 atom stereocenters. The summed E-state index contributed by atoms with van der Waals surface area (Å²) >= 11 is 0. The number of carbonyl (C=O) groups excluding carboxylic acids is 1. The Morgan fingerprint density at radius 1 is 1.44 bits per heavy atom. The molecule has 2 rings (SSSR count). The maximum Gasteiger partial charge on any atom is 0.252 e. The lowest BCUT2D eigenvalue weighted by Gasteiger charge is -2.35. The second-order valence-corrected chi connectivity index (χ2v) is 5.42. The number of piperidine rings is 1. The molecule has 2 aliphatic rings. The van der Waals surface area contributed by atoms with Crippen molar-refractivity contribution in [3.63, 3.8) is 0 Å². The van der Waals surface area contributed by atoms with Gasteiger partial charge in [0.15, 0.2) is 0 Å². The molecule has 0 aromatic rings. The van der Waals surface area contributed by atoms with E-state index in [2.05, 4.69) is 10.6 Å². The molecule has 2 unspecified atom stereocenters. The van der Waals surface area contributed by atoms with E-state index in [0.717, 1.165) is 32.4 Å². The third-order valence-corrected chi connectivity index (χ3v) is 4.36. The van der Waals surface area contributed by atoms with Gasteiger partial charge in [0.2, 0.25) is 0 Å². The van der Waals surface area contributed by atoms with Gasteiger partial charge in [0.05, 0.1) is 6.10 Å². The molecule has 2 fully saturated rings. The number of aliphatic hydroxyl groups excluding tert-OH is 1. The van der Waals surface area contributed by atoms with Crippen molar-refractivity contribution in [2.75, 3.05) is 26.7 Å². The quantitative estimate of drug-likeness (QED) is 0.664. The van der Waals surface area contributed by atoms with E-state index < -0.39 is 5.60 Å². The number of ether oxygens (including phenoxy) is 1. The number of hydrogen-bond donors (Lipinski definition) is 3. The molecule has 0 spiro atoms. The van der Waals surface area contributed by atoms with Crippen LogP contribution in [-0.2, 0) is 9.53 Å². The average molecular weight is 256 g/mol. The van der Waals surface area contributed by atoms with E-state index in [1.807, 2.05) is 0 Å². The minimum absolute atomic E-state index is 0.0226. The van der Waals surface area contributed by atoms with Gasteiger partial charge in [-0.15, -0.1) is 0 Å². The zero-order chi connectivity index (χ0) is 13.0. The standard InChI is InChI=1S/C13H24N2O3/c1-18-13(5-7-14-8-6-13)12(17)15-9-10-3-2-4-11(10)16/h10-11,14,16H,2-9H2,1H3,(H,15,17). The molecule has 3 N–H and O–H groups in total. The van der Waals surface area contributed by atoms with Crippen molar-refractivity contribution in [1.82, 2.24) is 10.6 Å². The molecule has 1 heterocycles. The van der Waals surface area contributed by atoms with Crippen LogP contribution in [0.5, 0.6) is 0 Å². The second kappa shape index (κ2) is 5.99. The summed E-state index contributed by atoms with van der Waals surface area (Å²) in [7, 11) is 1.61. The first-order valence-corrected chi connectivity index (χ1v) is 6.90. The van der Waals surface area contributed by atoms with E-state index in [1.54, 1.807) is 7.11 Å². The Morgan fingerprint density at radius 3 is 2.72 bits per heavy atom. The zero-order valence-electron chi connectivity index (χ0n) is 11.1. The van der Waals surface area contributed by atoms with Crippen molar-refractivity contribution >= 4 is 5.91 Å². The molecule has 1 aliphatic heterocycles. The van der Waals surface area contributed by atoms with Gasteiger partial charge in [0.1, 0.15) is 5.60 Å². The van der Waals surface area contributed by atoms with Crippen LogP contribution in [0.25, 0.3) is 0 Å². The molecule has 1 amide bonds. The van der Waals surface area contributed by atoms with Crippen LogP contribution in [0.15, 0.2) is 0 Å². The highest BCUT2D eigenvalue weighted by molar-refractivity contribution is 5.85. The van der Waals surface area contributed by atoms with Gasteiger partial charge in [-0.3, -0.25) is 4.79 Å². The number of rotatable bonds is 4. The lowest BCUT2D eigenvalue weighted by atomic mass is 9.91. The molecule has 0 aromatic carbocycles. The Bertz CT molecular complexity index is 290. The monoisotopic (exact) mass is 256 g/mol. The Kier molecular flexibility index (Phi) is 4.59. The van der Waals surface area contributed by atoms with Crippen molar-refractivity contribution in [3.8, 4) is 0 Å². The van der Waals surface area contributed by atoms with Crippen LogP contribution < -0.4 is 10.6 Å². The molecule has 1 saturated heterocycles. The molecule has 104 valence electrons. The normalized spacial score (nSPS) is 31.2. The largest absolute Gasteiger partial charge is 0.393 e. The molecule has 1 aliphatic carbocycles. The summed E-state index contributed by atoms with van der Waals surface area (Å²) in [5.74, 6) is 0.190. The summed E-state index contributed by atoms with van der Waals surface area (Å²) in [5, 5.41) is 15.9. The van der Waals surface area contributed by atoms with Gasteiger partial charge >= 0.3 is 0 Å². The third-order valence-electron chi connectivity index (χ3n) is 4.36. The molecule has 18 heavy (non-hydrogen) atoms. The van der Waals surface area contributed by atoms with Crippen LogP contribution in [0.1, 0.15) is 32.1 Å². The zero-order valence-corrected chi connectivity index (χ0v) is 11.1. The van der Waals surface area contributed by atoms with Crippen molar-refractivity contribution in [2.24, 2.45) is 5.92 Å². The molecule has 1 saturated carbocycles. The van der Waals surface area contributed by atoms with Crippen LogP contribution in [0.3, 0.4) is 0 Å². The summed E-state index contributed by atoms with van der Waals surface area (Å²) in [6.07, 6.45) is 4.09. The maximum atomic E-state index is 12.3. The highest BCUT2D eigenvalue weighted by atomic mass is 16.5. The van der Waals surface area contributed by atoms with E-state index in [0.29, 0.717) is 19.4 Å². The molecule has 5 heteroatoms. The van der Waals surface area contributed by atoms with Crippen molar-refractivity contribution in [1.29, 1.82) is 0 Å². The summed E-state index contributed by atoms with van der Waals surface area (Å²) in [5.41, 5.74) is -0.672. The Balaban J connectivity index is 1.85. The average Bonchev–Trinajstić information content (AvgIpc) is 2.82. The molecular weight excluding hydrogens is 232 g/mol. The predicted octanol–water partition coefficient (Wildman–Crippen LogP) is 0.0322. The van der Waals surface area contributed by atoms with E-state index in [-0.39, 0.29) is 17.9 Å². The van der Waals surface area contributed by atoms with Gasteiger partial charge < -0.3 is 20.5 Å². The van der Waals surface area contributed by atoms with E-state index in [1.165, 1.54) is 0 Å². The van der Waals surface area contributed by atoms with Crippen molar-refractivity contribution in [3.05, 3.63) is 0 Å². The van der Waals surface area contributed by atoms with E-state index in [4.69, 9.17) is 4.74 Å². The SMILES string of the molecule is COC1(C(=O)NCC2CCCC2O)CCNCC1. The number of aliphatic hydroxyl groups is 1. The van der Waals surface area contributed by atoms with Crippen LogP contribution in [-0.4, -0.2) is 49.5 Å². The lowest BCUT2D eigenvalue weighted by Crippen LogP contribution is -2.55.